The first-order chi connectivity index (χ1) is 19.3. The summed E-state index contributed by atoms with van der Waals surface area (Å²) in [4.78, 5) is 28.8. The summed E-state index contributed by atoms with van der Waals surface area (Å²) in [5.74, 6) is -1.75. The van der Waals surface area contributed by atoms with Crippen LogP contribution in [0, 0.1) is 7.14 Å². The minimum absolute atomic E-state index is 0.0550. The third-order valence-corrected chi connectivity index (χ3v) is 7.23. The molecule has 3 rings (SSSR count). The summed E-state index contributed by atoms with van der Waals surface area (Å²) >= 11 is 4.01. The fourth-order valence-electron chi connectivity index (χ4n) is 3.58. The second-order valence-electron chi connectivity index (χ2n) is 8.50. The fraction of sp³-hybridized carbons (Fsp3) is 0.296. The Balaban J connectivity index is 1.79. The number of amides is 1. The number of aromatic hydroxyl groups is 1. The Hall–Kier alpha value is -3.02. The lowest BCUT2D eigenvalue weighted by Crippen LogP contribution is -2.49. The monoisotopic (exact) mass is 800 g/mol. The highest BCUT2D eigenvalue weighted by Crippen LogP contribution is 2.37. The van der Waals surface area contributed by atoms with Crippen LogP contribution in [0.2, 0.25) is 0 Å². The summed E-state index contributed by atoms with van der Waals surface area (Å²) in [6.45, 7) is 1.60. The number of aromatic nitrogens is 1. The van der Waals surface area contributed by atoms with Gasteiger partial charge in [-0.2, -0.15) is 13.2 Å². The normalized spacial score (nSPS) is 11.9. The fourth-order valence-corrected chi connectivity index (χ4v) is 5.70. The number of nitrogens with zero attached hydrogens (tertiary/aromatic N) is 2. The summed E-state index contributed by atoms with van der Waals surface area (Å²) in [5.41, 5.74) is 1.24. The van der Waals surface area contributed by atoms with E-state index in [-0.39, 0.29) is 31.1 Å². The number of hydrogen-bond acceptors (Lipinski definition) is 8. The topological polar surface area (TPSA) is 107 Å². The van der Waals surface area contributed by atoms with Crippen molar-refractivity contribution in [3.05, 3.63) is 66.9 Å². The molecule has 0 saturated carbocycles. The maximum atomic E-state index is 13.1. The highest BCUT2D eigenvalue weighted by molar-refractivity contribution is 14.1. The summed E-state index contributed by atoms with van der Waals surface area (Å²) in [5, 5.41) is 10.3. The first-order valence-electron chi connectivity index (χ1n) is 11.9. The smallest absolute Gasteiger partial charge is 0.471 e. The van der Waals surface area contributed by atoms with Gasteiger partial charge in [0, 0.05) is 37.4 Å². The predicted octanol–water partition coefficient (Wildman–Crippen LogP) is 5.87. The van der Waals surface area contributed by atoms with Crippen molar-refractivity contribution in [2.24, 2.45) is 0 Å². The molecule has 1 heterocycles. The molecule has 3 aromatic rings. The number of phenols is 1. The Labute approximate surface area is 261 Å². The molecule has 14 heteroatoms. The number of esters is 1. The Bertz CT molecular complexity index is 1370. The number of methoxy groups -OCH3 is 1. The van der Waals surface area contributed by atoms with Crippen molar-refractivity contribution in [1.82, 2.24) is 9.88 Å². The highest BCUT2D eigenvalue weighted by Gasteiger charge is 2.45. The second kappa shape index (κ2) is 14.2. The lowest BCUT2D eigenvalue weighted by molar-refractivity contribution is -0.188. The number of likely N-dealkylation sites (N-methyl/N-ethyl adjacent to an activating group) is 1. The van der Waals surface area contributed by atoms with Gasteiger partial charge in [-0.15, -0.1) is 0 Å². The predicted molar refractivity (Wildman–Crippen MR) is 158 cm³/mol. The van der Waals surface area contributed by atoms with Gasteiger partial charge in [0.15, 0.2) is 17.2 Å². The largest absolute Gasteiger partial charge is 0.504 e. The molecule has 0 bridgehead atoms. The summed E-state index contributed by atoms with van der Waals surface area (Å²) in [6.07, 6.45) is -3.76. The maximum absolute atomic E-state index is 13.1. The lowest BCUT2D eigenvalue weighted by Gasteiger charge is -2.27. The number of carbonyl (C=O) groups excluding carboxylic acids is 2. The molecular formula is C27H25F3I2N2O7. The van der Waals surface area contributed by atoms with Crippen molar-refractivity contribution in [2.45, 2.75) is 32.2 Å². The molecule has 0 aliphatic rings. The van der Waals surface area contributed by atoms with E-state index in [9.17, 15) is 27.9 Å². The van der Waals surface area contributed by atoms with E-state index in [0.717, 1.165) is 12.6 Å². The Morgan fingerprint density at radius 2 is 1.76 bits per heavy atom. The average Bonchev–Trinajstić information content (AvgIpc) is 2.92. The van der Waals surface area contributed by atoms with E-state index in [4.69, 9.17) is 18.9 Å². The summed E-state index contributed by atoms with van der Waals surface area (Å²) < 4.78 is 62.1. The first-order valence-corrected chi connectivity index (χ1v) is 14.1. The van der Waals surface area contributed by atoms with E-state index < -0.39 is 24.1 Å². The zero-order valence-electron chi connectivity index (χ0n) is 22.0. The van der Waals surface area contributed by atoms with Crippen molar-refractivity contribution in [3.8, 4) is 28.9 Å². The Morgan fingerprint density at radius 1 is 1.07 bits per heavy atom. The van der Waals surface area contributed by atoms with Gasteiger partial charge in [-0.1, -0.05) is 0 Å². The standard InChI is InChI=1S/C27H25F3I2N2O7/c1-4-39-25(36)20(34(2)26(37)27(28,29)30)11-16-9-18(31)24(19(32)10-16)41-17-6-7-21(35)22(12-17)40-14-15-5-8-23(38-3)33-13-15/h5-10,12-13,20,35H,4,11,14H2,1-3H3/t20-/m0/s1. The minimum Gasteiger partial charge on any atom is -0.504 e. The number of rotatable bonds is 11. The number of phenolic OH excluding ortho intramolecular Hbond substituents is 1. The molecule has 9 nitrogen and oxygen atoms in total. The Morgan fingerprint density at radius 3 is 2.32 bits per heavy atom. The third kappa shape index (κ3) is 8.73. The maximum Gasteiger partial charge on any atom is 0.471 e. The number of benzene rings is 2. The number of halogens is 5. The highest BCUT2D eigenvalue weighted by atomic mass is 127. The van der Waals surface area contributed by atoms with Gasteiger partial charge in [-0.25, -0.2) is 9.78 Å². The number of ether oxygens (including phenoxy) is 4. The van der Waals surface area contributed by atoms with E-state index in [1.54, 1.807) is 36.5 Å². The van der Waals surface area contributed by atoms with Gasteiger partial charge in [0.05, 0.1) is 20.9 Å². The van der Waals surface area contributed by atoms with E-state index in [0.29, 0.717) is 35.0 Å². The molecule has 2 aromatic carbocycles. The molecule has 1 amide bonds. The van der Waals surface area contributed by atoms with Crippen molar-refractivity contribution in [3.63, 3.8) is 0 Å². The van der Waals surface area contributed by atoms with Crippen LogP contribution in [-0.4, -0.2) is 59.8 Å². The van der Waals surface area contributed by atoms with Crippen molar-refractivity contribution in [2.75, 3.05) is 20.8 Å². The van der Waals surface area contributed by atoms with Crippen molar-refractivity contribution in [1.29, 1.82) is 0 Å². The van der Waals surface area contributed by atoms with Crippen LogP contribution >= 0.6 is 45.2 Å². The molecule has 1 aromatic heterocycles. The van der Waals surface area contributed by atoms with Gasteiger partial charge in [-0.05, 0) is 88.0 Å². The Kier molecular flexibility index (Phi) is 11.3. The minimum atomic E-state index is -5.14. The molecule has 220 valence electrons. The molecule has 0 radical (unpaired) electrons. The van der Waals surface area contributed by atoms with Crippen LogP contribution in [0.4, 0.5) is 13.2 Å². The van der Waals surface area contributed by atoms with Gasteiger partial charge in [0.1, 0.15) is 18.4 Å². The quantitative estimate of drug-likeness (QED) is 0.190. The number of hydrogen-bond donors (Lipinski definition) is 1. The SMILES string of the molecule is CCOC(=O)[C@H](Cc1cc(I)c(Oc2ccc(O)c(OCc3ccc(OC)nc3)c2)c(I)c1)N(C)C(=O)C(F)(F)F. The molecule has 0 spiro atoms. The molecular weight excluding hydrogens is 775 g/mol. The number of carbonyl (C=O) groups is 2. The van der Waals surface area contributed by atoms with Crippen LogP contribution < -0.4 is 14.2 Å². The second-order valence-corrected chi connectivity index (χ2v) is 10.8. The van der Waals surface area contributed by atoms with E-state index >= 15 is 0 Å². The van der Waals surface area contributed by atoms with Crippen molar-refractivity contribution < 1.29 is 46.8 Å². The van der Waals surface area contributed by atoms with E-state index in [1.165, 1.54) is 26.2 Å². The zero-order valence-corrected chi connectivity index (χ0v) is 26.3. The summed E-state index contributed by atoms with van der Waals surface area (Å²) in [7, 11) is 2.43. The zero-order chi connectivity index (χ0) is 30.3. The molecule has 0 aliphatic carbocycles. The van der Waals surface area contributed by atoms with Crippen LogP contribution in [0.5, 0.6) is 28.9 Å². The van der Waals surface area contributed by atoms with Crippen LogP contribution in [0.15, 0.2) is 48.7 Å². The van der Waals surface area contributed by atoms with Crippen LogP contribution in [0.1, 0.15) is 18.1 Å². The average molecular weight is 800 g/mol. The molecule has 0 saturated heterocycles. The van der Waals surface area contributed by atoms with Crippen LogP contribution in [0.3, 0.4) is 0 Å². The molecule has 1 N–H and O–H groups in total. The lowest BCUT2D eigenvalue weighted by atomic mass is 10.0. The van der Waals surface area contributed by atoms with Gasteiger partial charge in [-0.3, -0.25) is 4.79 Å². The van der Waals surface area contributed by atoms with Gasteiger partial charge >= 0.3 is 18.1 Å². The molecule has 0 aliphatic heterocycles. The molecule has 0 unspecified atom stereocenters. The van der Waals surface area contributed by atoms with Gasteiger partial charge in [0.25, 0.3) is 0 Å². The third-order valence-electron chi connectivity index (χ3n) is 5.63. The van der Waals surface area contributed by atoms with Crippen LogP contribution in [-0.2, 0) is 27.4 Å². The van der Waals surface area contributed by atoms with Gasteiger partial charge < -0.3 is 29.0 Å². The van der Waals surface area contributed by atoms with E-state index in [2.05, 4.69) is 4.98 Å². The van der Waals surface area contributed by atoms with Crippen LogP contribution in [0.25, 0.3) is 0 Å². The van der Waals surface area contributed by atoms with Gasteiger partial charge in [0.2, 0.25) is 5.88 Å². The van der Waals surface area contributed by atoms with Crippen molar-refractivity contribution >= 4 is 57.1 Å². The molecule has 1 atom stereocenters. The molecule has 0 fully saturated rings. The van der Waals surface area contributed by atoms with E-state index in [1.807, 2.05) is 45.2 Å². The molecule has 41 heavy (non-hydrogen) atoms. The number of alkyl halides is 3. The number of pyridine rings is 1. The first kappa shape index (κ1) is 32.5. The summed E-state index contributed by atoms with van der Waals surface area (Å²) in [6, 6.07) is 9.75.